The summed E-state index contributed by atoms with van der Waals surface area (Å²) in [5.41, 5.74) is 7.90. The minimum absolute atomic E-state index is 0.135. The minimum atomic E-state index is 0.135. The molecule has 31 heavy (non-hydrogen) atoms. The van der Waals surface area contributed by atoms with E-state index in [1.54, 1.807) is 6.07 Å². The van der Waals surface area contributed by atoms with Crippen LogP contribution in [0.1, 0.15) is 24.8 Å². The molecule has 9 nitrogen and oxygen atoms in total. The van der Waals surface area contributed by atoms with Crippen molar-refractivity contribution in [1.29, 1.82) is 0 Å². The largest absolute Gasteiger partial charge is 0.454 e. The molecule has 1 saturated carbocycles. The molecular weight excluding hydrogens is 416 g/mol. The predicted molar refractivity (Wildman–Crippen MR) is 115 cm³/mol. The lowest BCUT2D eigenvalue weighted by atomic mass is 10.2. The molecule has 0 spiro atoms. The summed E-state index contributed by atoms with van der Waals surface area (Å²) in [6.45, 7) is 1.36. The van der Waals surface area contributed by atoms with Crippen molar-refractivity contribution in [2.24, 2.45) is 5.92 Å². The molecule has 0 saturated heterocycles. The number of nitrogens with one attached hydrogen (secondary N) is 1. The van der Waals surface area contributed by atoms with Crippen molar-refractivity contribution >= 4 is 34.7 Å². The van der Waals surface area contributed by atoms with E-state index in [0.29, 0.717) is 52.3 Å². The monoisotopic (exact) mass is 436 g/mol. The van der Waals surface area contributed by atoms with Gasteiger partial charge in [-0.05, 0) is 25.3 Å². The molecule has 1 aromatic carbocycles. The van der Waals surface area contributed by atoms with Crippen molar-refractivity contribution in [3.8, 4) is 23.8 Å². The number of imidazole rings is 1. The summed E-state index contributed by atoms with van der Waals surface area (Å²) in [5.74, 6) is 4.62. The van der Waals surface area contributed by atoms with Gasteiger partial charge in [0.15, 0.2) is 33.6 Å². The third kappa shape index (κ3) is 3.84. The van der Waals surface area contributed by atoms with E-state index in [1.807, 2.05) is 10.6 Å². The molecule has 10 heteroatoms. The van der Waals surface area contributed by atoms with E-state index in [1.165, 1.54) is 18.1 Å². The molecule has 2 aliphatic rings. The van der Waals surface area contributed by atoms with Crippen molar-refractivity contribution in [2.75, 3.05) is 19.1 Å². The summed E-state index contributed by atoms with van der Waals surface area (Å²) in [5, 5.41) is 3.67. The van der Waals surface area contributed by atoms with Crippen LogP contribution in [-0.4, -0.2) is 38.8 Å². The van der Waals surface area contributed by atoms with Crippen LogP contribution in [0.3, 0.4) is 0 Å². The van der Waals surface area contributed by atoms with E-state index < -0.39 is 0 Å². The Morgan fingerprint density at radius 2 is 2.13 bits per heavy atom. The number of benzene rings is 1. The molecule has 1 fully saturated rings. The lowest BCUT2D eigenvalue weighted by Crippen LogP contribution is -2.26. The van der Waals surface area contributed by atoms with Crippen LogP contribution >= 0.6 is 11.8 Å². The zero-order valence-electron chi connectivity index (χ0n) is 16.6. The maximum absolute atomic E-state index is 11.9. The van der Waals surface area contributed by atoms with Crippen molar-refractivity contribution in [3.63, 3.8) is 0 Å². The maximum atomic E-state index is 11.9. The van der Waals surface area contributed by atoms with E-state index in [0.717, 1.165) is 24.2 Å². The molecule has 0 atom stereocenters. The Labute approximate surface area is 182 Å². The number of hydrogen-bond donors (Lipinski definition) is 2. The van der Waals surface area contributed by atoms with E-state index in [9.17, 15) is 4.79 Å². The quantitative estimate of drug-likeness (QED) is 0.428. The lowest BCUT2D eigenvalue weighted by molar-refractivity contribution is -0.122. The molecule has 1 aliphatic carbocycles. The van der Waals surface area contributed by atoms with Gasteiger partial charge in [-0.3, -0.25) is 4.79 Å². The predicted octanol–water partition coefficient (Wildman–Crippen LogP) is 2.19. The van der Waals surface area contributed by atoms with Crippen LogP contribution in [0.5, 0.6) is 11.5 Å². The van der Waals surface area contributed by atoms with Crippen LogP contribution < -0.4 is 20.5 Å². The summed E-state index contributed by atoms with van der Waals surface area (Å²) >= 11 is 1.41. The Morgan fingerprint density at radius 1 is 1.32 bits per heavy atom. The highest BCUT2D eigenvalue weighted by Gasteiger charge is 2.29. The van der Waals surface area contributed by atoms with E-state index >= 15 is 0 Å². The third-order valence-electron chi connectivity index (χ3n) is 5.16. The number of carbonyl (C=O) groups excluding carboxylic acids is 1. The van der Waals surface area contributed by atoms with Crippen molar-refractivity contribution < 1.29 is 14.3 Å². The smallest absolute Gasteiger partial charge is 0.231 e. The number of nitrogens with zero attached hydrogens (tertiary/aromatic N) is 4. The van der Waals surface area contributed by atoms with Gasteiger partial charge in [0.2, 0.25) is 12.7 Å². The number of fused-ring (bicyclic) bond motifs is 2. The van der Waals surface area contributed by atoms with Crippen LogP contribution in [0.4, 0.5) is 5.82 Å². The van der Waals surface area contributed by atoms with Crippen LogP contribution in [0, 0.1) is 18.3 Å². The second kappa shape index (κ2) is 8.00. The van der Waals surface area contributed by atoms with Gasteiger partial charge < -0.3 is 25.1 Å². The molecule has 2 aromatic heterocycles. The highest BCUT2D eigenvalue weighted by molar-refractivity contribution is 7.99. The zero-order chi connectivity index (χ0) is 21.4. The number of rotatable bonds is 7. The van der Waals surface area contributed by atoms with Crippen LogP contribution in [0.15, 0.2) is 28.5 Å². The zero-order valence-corrected chi connectivity index (χ0v) is 17.4. The van der Waals surface area contributed by atoms with Gasteiger partial charge in [0.05, 0.1) is 0 Å². The molecule has 3 heterocycles. The highest BCUT2D eigenvalue weighted by Crippen LogP contribution is 2.41. The first-order valence-electron chi connectivity index (χ1n) is 9.96. The van der Waals surface area contributed by atoms with Crippen LogP contribution in [0.25, 0.3) is 11.2 Å². The van der Waals surface area contributed by atoms with Gasteiger partial charge in [-0.2, -0.15) is 0 Å². The number of terminal acetylenes is 1. The molecule has 1 aliphatic heterocycles. The fourth-order valence-corrected chi connectivity index (χ4v) is 4.39. The minimum Gasteiger partial charge on any atom is -0.454 e. The van der Waals surface area contributed by atoms with Gasteiger partial charge in [0.25, 0.3) is 0 Å². The van der Waals surface area contributed by atoms with Crippen molar-refractivity contribution in [2.45, 2.75) is 35.9 Å². The topological polar surface area (TPSA) is 117 Å². The number of nitrogens with two attached hydrogens (primary N) is 1. The van der Waals surface area contributed by atoms with E-state index in [-0.39, 0.29) is 18.6 Å². The fourth-order valence-electron chi connectivity index (χ4n) is 3.37. The van der Waals surface area contributed by atoms with Gasteiger partial charge in [-0.1, -0.05) is 17.7 Å². The summed E-state index contributed by atoms with van der Waals surface area (Å²) in [6, 6.07) is 3.65. The first kappa shape index (κ1) is 19.5. The number of aryl methyl sites for hydroxylation is 1. The standard InChI is InChI=1S/C21H20N6O3S/c1-2-12-8-14-15(30-11-29-14)9-16(12)31-21-26-17-18(22)24-10-25-19(17)27(21)7-3-6-23-20(28)13-4-5-13/h1,8-10,13H,3-7,11H2,(H,23,28)(H2,22,24,25). The van der Waals surface area contributed by atoms with Crippen LogP contribution in [0.2, 0.25) is 0 Å². The van der Waals surface area contributed by atoms with Gasteiger partial charge in [0.1, 0.15) is 6.33 Å². The Hall–Kier alpha value is -3.45. The van der Waals surface area contributed by atoms with Crippen molar-refractivity contribution in [3.05, 3.63) is 24.0 Å². The van der Waals surface area contributed by atoms with E-state index in [2.05, 4.69) is 26.2 Å². The highest BCUT2D eigenvalue weighted by atomic mass is 32.2. The van der Waals surface area contributed by atoms with Gasteiger partial charge in [0, 0.05) is 35.5 Å². The normalized spacial score (nSPS) is 14.5. The maximum Gasteiger partial charge on any atom is 0.231 e. The van der Waals surface area contributed by atoms with Gasteiger partial charge in [-0.15, -0.1) is 6.42 Å². The lowest BCUT2D eigenvalue weighted by Gasteiger charge is -2.10. The second-order valence-electron chi connectivity index (χ2n) is 7.34. The molecule has 0 radical (unpaired) electrons. The molecule has 5 rings (SSSR count). The fraction of sp³-hybridized carbons (Fsp3) is 0.333. The molecule has 0 unspecified atom stereocenters. The molecular formula is C21H20N6O3S. The average Bonchev–Trinajstić information content (AvgIpc) is 3.43. The Kier molecular flexibility index (Phi) is 5.03. The third-order valence-corrected chi connectivity index (χ3v) is 6.21. The van der Waals surface area contributed by atoms with Crippen LogP contribution in [-0.2, 0) is 11.3 Å². The van der Waals surface area contributed by atoms with Gasteiger partial charge >= 0.3 is 0 Å². The first-order chi connectivity index (χ1) is 15.1. The number of anilines is 1. The van der Waals surface area contributed by atoms with E-state index in [4.69, 9.17) is 21.6 Å². The summed E-state index contributed by atoms with van der Waals surface area (Å²) in [7, 11) is 0. The number of ether oxygens (including phenoxy) is 2. The summed E-state index contributed by atoms with van der Waals surface area (Å²) < 4.78 is 12.9. The molecule has 1 amide bonds. The summed E-state index contributed by atoms with van der Waals surface area (Å²) in [6.07, 6.45) is 9.85. The Bertz CT molecular complexity index is 1210. The first-order valence-corrected chi connectivity index (χ1v) is 10.8. The van der Waals surface area contributed by atoms with Crippen molar-refractivity contribution in [1.82, 2.24) is 24.8 Å². The Balaban J connectivity index is 1.42. The number of aromatic nitrogens is 4. The number of amides is 1. The Morgan fingerprint density at radius 3 is 2.90 bits per heavy atom. The summed E-state index contributed by atoms with van der Waals surface area (Å²) in [4.78, 5) is 25.8. The molecule has 158 valence electrons. The number of nitrogen functional groups attached to an aromatic ring is 1. The molecule has 0 bridgehead atoms. The molecule has 3 N–H and O–H groups in total. The average molecular weight is 436 g/mol. The SMILES string of the molecule is C#Cc1cc2c(cc1Sc1nc3c(N)ncnc3n1CCCNC(=O)C1CC1)OCO2. The molecule has 3 aromatic rings. The second-order valence-corrected chi connectivity index (χ2v) is 8.35. The van der Waals surface area contributed by atoms with Gasteiger partial charge in [-0.25, -0.2) is 15.0 Å². The number of carbonyl (C=O) groups is 1. The number of hydrogen-bond acceptors (Lipinski definition) is 8.